The quantitative estimate of drug-likeness (QED) is 0.585. The van der Waals surface area contributed by atoms with Crippen LogP contribution in [0.4, 0.5) is 0 Å². The first kappa shape index (κ1) is 20.4. The third-order valence-electron chi connectivity index (χ3n) is 4.37. The maximum atomic E-state index is 12.5. The molecule has 1 amide bonds. The zero-order valence-corrected chi connectivity index (χ0v) is 17.7. The largest absolute Gasteiger partial charge is 0.493 e. The van der Waals surface area contributed by atoms with Crippen molar-refractivity contribution >= 4 is 40.3 Å². The Bertz CT molecular complexity index is 1010. The molecule has 1 atom stereocenters. The standard InChI is InChI=1S/C20H22ClN3O3S/c1-12(28-20-23-15-10-14(21)6-7-16(15)24(20)2)19(25)22-11-13-5-8-17(26-3)18(9-13)27-4/h5-10,12H,11H2,1-4H3,(H,22,25). The van der Waals surface area contributed by atoms with Crippen molar-refractivity contribution in [3.8, 4) is 11.5 Å². The number of hydrogen-bond acceptors (Lipinski definition) is 5. The van der Waals surface area contributed by atoms with Gasteiger partial charge in [0.05, 0.1) is 30.5 Å². The molecule has 0 spiro atoms. The highest BCUT2D eigenvalue weighted by Gasteiger charge is 2.18. The number of fused-ring (bicyclic) bond motifs is 1. The zero-order chi connectivity index (χ0) is 20.3. The number of rotatable bonds is 7. The molecule has 8 heteroatoms. The molecule has 1 N–H and O–H groups in total. The van der Waals surface area contributed by atoms with Crippen LogP contribution in [0.15, 0.2) is 41.6 Å². The maximum absolute atomic E-state index is 12.5. The van der Waals surface area contributed by atoms with Gasteiger partial charge in [0, 0.05) is 18.6 Å². The van der Waals surface area contributed by atoms with Gasteiger partial charge in [0.15, 0.2) is 16.7 Å². The summed E-state index contributed by atoms with van der Waals surface area (Å²) in [6.45, 7) is 2.27. The van der Waals surface area contributed by atoms with Crippen molar-refractivity contribution in [2.75, 3.05) is 14.2 Å². The van der Waals surface area contributed by atoms with Crippen LogP contribution in [0.25, 0.3) is 11.0 Å². The van der Waals surface area contributed by atoms with Crippen LogP contribution in [-0.4, -0.2) is 34.9 Å². The van der Waals surface area contributed by atoms with Crippen LogP contribution < -0.4 is 14.8 Å². The molecule has 2 aromatic carbocycles. The van der Waals surface area contributed by atoms with Gasteiger partial charge in [0.25, 0.3) is 0 Å². The van der Waals surface area contributed by atoms with E-state index in [1.807, 2.05) is 54.9 Å². The number of methoxy groups -OCH3 is 2. The Morgan fingerprint density at radius 1 is 1.21 bits per heavy atom. The second-order valence-corrected chi connectivity index (χ2v) is 8.00. The minimum absolute atomic E-state index is 0.0649. The minimum atomic E-state index is -0.300. The molecule has 148 valence electrons. The molecular weight excluding hydrogens is 398 g/mol. The maximum Gasteiger partial charge on any atom is 0.233 e. The van der Waals surface area contributed by atoms with Gasteiger partial charge in [0.1, 0.15) is 0 Å². The van der Waals surface area contributed by atoms with Crippen LogP contribution in [0.1, 0.15) is 12.5 Å². The van der Waals surface area contributed by atoms with Crippen molar-refractivity contribution in [3.63, 3.8) is 0 Å². The lowest BCUT2D eigenvalue weighted by molar-refractivity contribution is -0.120. The summed E-state index contributed by atoms with van der Waals surface area (Å²) >= 11 is 7.45. The van der Waals surface area contributed by atoms with E-state index < -0.39 is 0 Å². The predicted octanol–water partition coefficient (Wildman–Crippen LogP) is 4.04. The number of halogens is 1. The number of aryl methyl sites for hydroxylation is 1. The van der Waals surface area contributed by atoms with E-state index in [0.29, 0.717) is 23.1 Å². The summed E-state index contributed by atoms with van der Waals surface area (Å²) < 4.78 is 12.5. The molecule has 0 fully saturated rings. The van der Waals surface area contributed by atoms with Gasteiger partial charge >= 0.3 is 0 Å². The number of amides is 1. The lowest BCUT2D eigenvalue weighted by Crippen LogP contribution is -2.30. The van der Waals surface area contributed by atoms with Gasteiger partial charge < -0.3 is 19.4 Å². The number of hydrogen-bond donors (Lipinski definition) is 1. The molecule has 1 aromatic heterocycles. The van der Waals surface area contributed by atoms with Crippen LogP contribution in [0.3, 0.4) is 0 Å². The molecule has 28 heavy (non-hydrogen) atoms. The Labute approximate surface area is 173 Å². The number of ether oxygens (including phenoxy) is 2. The molecular formula is C20H22ClN3O3S. The Hall–Kier alpha value is -2.38. The van der Waals surface area contributed by atoms with E-state index in [1.54, 1.807) is 14.2 Å². The van der Waals surface area contributed by atoms with E-state index >= 15 is 0 Å². The van der Waals surface area contributed by atoms with Gasteiger partial charge in [-0.05, 0) is 42.8 Å². The van der Waals surface area contributed by atoms with E-state index in [9.17, 15) is 4.79 Å². The van der Waals surface area contributed by atoms with Crippen molar-refractivity contribution in [2.45, 2.75) is 23.9 Å². The van der Waals surface area contributed by atoms with Crippen molar-refractivity contribution in [2.24, 2.45) is 7.05 Å². The van der Waals surface area contributed by atoms with Crippen LogP contribution in [0.2, 0.25) is 5.02 Å². The molecule has 0 aliphatic heterocycles. The molecule has 0 saturated carbocycles. The van der Waals surface area contributed by atoms with Crippen molar-refractivity contribution < 1.29 is 14.3 Å². The summed E-state index contributed by atoms with van der Waals surface area (Å²) in [5, 5.41) is 4.07. The van der Waals surface area contributed by atoms with Gasteiger partial charge in [-0.3, -0.25) is 4.79 Å². The number of aromatic nitrogens is 2. The van der Waals surface area contributed by atoms with E-state index in [-0.39, 0.29) is 11.2 Å². The van der Waals surface area contributed by atoms with Gasteiger partial charge in [-0.15, -0.1) is 0 Å². The summed E-state index contributed by atoms with van der Waals surface area (Å²) in [6.07, 6.45) is 0. The molecule has 3 aromatic rings. The van der Waals surface area contributed by atoms with Crippen molar-refractivity contribution in [1.29, 1.82) is 0 Å². The summed E-state index contributed by atoms with van der Waals surface area (Å²) in [5.74, 6) is 1.23. The monoisotopic (exact) mass is 419 g/mol. The first-order valence-electron chi connectivity index (χ1n) is 8.70. The minimum Gasteiger partial charge on any atom is -0.493 e. The topological polar surface area (TPSA) is 65.4 Å². The average Bonchev–Trinajstić information content (AvgIpc) is 3.00. The van der Waals surface area contributed by atoms with Gasteiger partial charge in [-0.2, -0.15) is 0 Å². The van der Waals surface area contributed by atoms with E-state index in [2.05, 4.69) is 10.3 Å². The van der Waals surface area contributed by atoms with E-state index in [1.165, 1.54) is 11.8 Å². The Balaban J connectivity index is 1.64. The SMILES string of the molecule is COc1ccc(CNC(=O)C(C)Sc2nc3cc(Cl)ccc3n2C)cc1OC. The third-order valence-corrected chi connectivity index (χ3v) is 5.75. The number of benzene rings is 2. The van der Waals surface area contributed by atoms with Crippen LogP contribution >= 0.6 is 23.4 Å². The second-order valence-electron chi connectivity index (χ2n) is 6.25. The highest BCUT2D eigenvalue weighted by atomic mass is 35.5. The number of nitrogens with zero attached hydrogens (tertiary/aromatic N) is 2. The normalized spacial score (nSPS) is 12.0. The molecule has 1 heterocycles. The van der Waals surface area contributed by atoms with E-state index in [4.69, 9.17) is 21.1 Å². The Morgan fingerprint density at radius 2 is 1.96 bits per heavy atom. The van der Waals surface area contributed by atoms with Crippen LogP contribution in [-0.2, 0) is 18.4 Å². The first-order valence-corrected chi connectivity index (χ1v) is 9.96. The third kappa shape index (κ3) is 4.36. The number of thioether (sulfide) groups is 1. The Kier molecular flexibility index (Phi) is 6.36. The second kappa shape index (κ2) is 8.75. The Morgan fingerprint density at radius 3 is 2.68 bits per heavy atom. The number of carbonyl (C=O) groups excluding carboxylic acids is 1. The first-order chi connectivity index (χ1) is 13.4. The number of nitrogens with one attached hydrogen (secondary N) is 1. The summed E-state index contributed by atoms with van der Waals surface area (Å²) in [5.41, 5.74) is 2.72. The molecule has 6 nitrogen and oxygen atoms in total. The smallest absolute Gasteiger partial charge is 0.233 e. The lowest BCUT2D eigenvalue weighted by Gasteiger charge is -2.13. The van der Waals surface area contributed by atoms with Crippen LogP contribution in [0.5, 0.6) is 11.5 Å². The fourth-order valence-corrected chi connectivity index (χ4v) is 3.87. The molecule has 0 saturated heterocycles. The number of imidazole rings is 1. The van der Waals surface area contributed by atoms with Crippen molar-refractivity contribution in [1.82, 2.24) is 14.9 Å². The highest BCUT2D eigenvalue weighted by molar-refractivity contribution is 8.00. The molecule has 1 unspecified atom stereocenters. The summed E-state index contributed by atoms with van der Waals surface area (Å²) in [6, 6.07) is 11.2. The predicted molar refractivity (Wildman–Crippen MR) is 112 cm³/mol. The van der Waals surface area contributed by atoms with Crippen molar-refractivity contribution in [3.05, 3.63) is 47.0 Å². The molecule has 3 rings (SSSR count). The summed E-state index contributed by atoms with van der Waals surface area (Å²) in [7, 11) is 5.11. The van der Waals surface area contributed by atoms with Crippen LogP contribution in [0, 0.1) is 0 Å². The average molecular weight is 420 g/mol. The van der Waals surface area contributed by atoms with Gasteiger partial charge in [-0.1, -0.05) is 29.4 Å². The van der Waals surface area contributed by atoms with Gasteiger partial charge in [0.2, 0.25) is 5.91 Å². The molecule has 0 aliphatic rings. The molecule has 0 bridgehead atoms. The summed E-state index contributed by atoms with van der Waals surface area (Å²) in [4.78, 5) is 17.1. The zero-order valence-electron chi connectivity index (χ0n) is 16.2. The fraction of sp³-hybridized carbons (Fsp3) is 0.300. The number of carbonyl (C=O) groups is 1. The fourth-order valence-electron chi connectivity index (χ4n) is 2.79. The molecule has 0 radical (unpaired) electrons. The molecule has 0 aliphatic carbocycles. The highest BCUT2D eigenvalue weighted by Crippen LogP contribution is 2.29. The van der Waals surface area contributed by atoms with E-state index in [0.717, 1.165) is 21.8 Å². The van der Waals surface area contributed by atoms with Gasteiger partial charge in [-0.25, -0.2) is 4.98 Å². The lowest BCUT2D eigenvalue weighted by atomic mass is 10.2.